The quantitative estimate of drug-likeness (QED) is 0.562. The van der Waals surface area contributed by atoms with Gasteiger partial charge in [0, 0.05) is 0 Å². The fourth-order valence-electron chi connectivity index (χ4n) is 0.557. The van der Waals surface area contributed by atoms with E-state index < -0.39 is 0 Å². The Labute approximate surface area is 97.7 Å². The maximum Gasteiger partial charge on any atom is -0.0262 e. The molecule has 0 radical (unpaired) electrons. The van der Waals surface area contributed by atoms with E-state index >= 15 is 0 Å². The van der Waals surface area contributed by atoms with Gasteiger partial charge in [0.05, 0.1) is 0 Å². The zero-order valence-corrected chi connectivity index (χ0v) is 8.14. The second-order valence-corrected chi connectivity index (χ2v) is 1.77. The summed E-state index contributed by atoms with van der Waals surface area (Å²) in [5, 5.41) is 2.01. The molecule has 0 aliphatic rings. The summed E-state index contributed by atoms with van der Waals surface area (Å²) >= 11 is 0. The van der Waals surface area contributed by atoms with Crippen molar-refractivity contribution >= 4 is 13.2 Å². The van der Waals surface area contributed by atoms with Gasteiger partial charge in [-0.25, -0.2) is 0 Å². The third-order valence-corrected chi connectivity index (χ3v) is 1.12. The van der Waals surface area contributed by atoms with E-state index in [4.69, 9.17) is 0 Å². The zero-order chi connectivity index (χ0) is 9.98. The molecule has 0 saturated carbocycles. The first-order valence-corrected chi connectivity index (χ1v) is 4.03. The molecular weight excluding hydrogens is 180 g/mol. The first kappa shape index (κ1) is 29.2. The summed E-state index contributed by atoms with van der Waals surface area (Å²) in [6.45, 7) is 17.5. The fourth-order valence-corrected chi connectivity index (χ4v) is 0.557. The molecule has 0 bridgehead atoms. The van der Waals surface area contributed by atoms with E-state index in [0.717, 1.165) is 10.4 Å². The van der Waals surface area contributed by atoms with Crippen molar-refractivity contribution in [3.05, 3.63) is 47.9 Å². The molecule has 0 heterocycles. The van der Waals surface area contributed by atoms with Crippen LogP contribution < -0.4 is 10.4 Å². The van der Waals surface area contributed by atoms with Crippen LogP contribution in [0.2, 0.25) is 0 Å². The van der Waals surface area contributed by atoms with E-state index in [1.54, 1.807) is 0 Å². The summed E-state index contributed by atoms with van der Waals surface area (Å²) in [5.74, 6) is 0. The Morgan fingerprint density at radius 1 is 0.733 bits per heavy atom. The normalized spacial score (nSPS) is 5.47. The molecule has 0 unspecified atom stereocenters. The van der Waals surface area contributed by atoms with Crippen molar-refractivity contribution in [2.75, 3.05) is 0 Å². The van der Waals surface area contributed by atoms with E-state index in [0.29, 0.717) is 0 Å². The van der Waals surface area contributed by atoms with Crippen molar-refractivity contribution in [1.29, 1.82) is 0 Å². The van der Waals surface area contributed by atoms with Gasteiger partial charge in [0.1, 0.15) is 0 Å². The van der Waals surface area contributed by atoms with E-state index in [1.807, 2.05) is 38.1 Å². The fraction of sp³-hybridized carbons (Fsp3) is 0.333. The van der Waals surface area contributed by atoms with Gasteiger partial charge in [0.2, 0.25) is 0 Å². The molecule has 0 N–H and O–H groups in total. The Morgan fingerprint density at radius 2 is 0.933 bits per heavy atom. The lowest BCUT2D eigenvalue weighted by molar-refractivity contribution is 1.50. The number of hydrogen-bond acceptors (Lipinski definition) is 0. The monoisotopic (exact) mass is 210 g/mol. The van der Waals surface area contributed by atoms with Crippen molar-refractivity contribution in [2.24, 2.45) is 0 Å². The molecule has 90 valence electrons. The average molecular weight is 210 g/mol. The molecule has 0 aliphatic heterocycles. The maximum atomic E-state index is 3.76. The summed E-state index contributed by atoms with van der Waals surface area (Å²) in [6.07, 6.45) is 0. The zero-order valence-electron chi connectivity index (χ0n) is 8.14. The van der Waals surface area contributed by atoms with Crippen molar-refractivity contribution in [1.82, 2.24) is 0 Å². The SMILES string of the molecule is C.C.C.C=C.C=c1ccccc1=C.CC. The third kappa shape index (κ3) is 15.5. The minimum Gasteiger partial charge on any atom is -0.106 e. The first-order chi connectivity index (χ1) is 5.80. The highest BCUT2D eigenvalue weighted by molar-refractivity contribution is 5.15. The largest absolute Gasteiger partial charge is 0.106 e. The number of rotatable bonds is 0. The van der Waals surface area contributed by atoms with Crippen LogP contribution in [0.15, 0.2) is 37.4 Å². The van der Waals surface area contributed by atoms with Crippen molar-refractivity contribution in [2.45, 2.75) is 36.1 Å². The van der Waals surface area contributed by atoms with Gasteiger partial charge in [-0.1, -0.05) is 73.6 Å². The molecular formula is C15H30. The Bertz CT molecular complexity index is 243. The molecule has 0 nitrogen and oxygen atoms in total. The Kier molecular flexibility index (Phi) is 44.7. The molecule has 0 amide bonds. The highest BCUT2D eigenvalue weighted by Gasteiger charge is 1.71. The molecule has 0 fully saturated rings. The molecule has 0 aromatic heterocycles. The van der Waals surface area contributed by atoms with Crippen LogP contribution in [-0.4, -0.2) is 0 Å². The van der Waals surface area contributed by atoms with Crippen LogP contribution in [0.1, 0.15) is 36.1 Å². The molecule has 0 heteroatoms. The van der Waals surface area contributed by atoms with Crippen LogP contribution in [0.25, 0.3) is 13.2 Å². The molecule has 1 aromatic carbocycles. The van der Waals surface area contributed by atoms with Crippen molar-refractivity contribution < 1.29 is 0 Å². The van der Waals surface area contributed by atoms with E-state index in [9.17, 15) is 0 Å². The van der Waals surface area contributed by atoms with Crippen LogP contribution in [0.4, 0.5) is 0 Å². The van der Waals surface area contributed by atoms with Gasteiger partial charge in [-0.15, -0.1) is 13.2 Å². The predicted molar refractivity (Wildman–Crippen MR) is 79.5 cm³/mol. The van der Waals surface area contributed by atoms with Gasteiger partial charge in [0.15, 0.2) is 0 Å². The van der Waals surface area contributed by atoms with E-state index in [-0.39, 0.29) is 22.3 Å². The van der Waals surface area contributed by atoms with Crippen molar-refractivity contribution in [3.63, 3.8) is 0 Å². The van der Waals surface area contributed by atoms with Gasteiger partial charge in [0.25, 0.3) is 0 Å². The van der Waals surface area contributed by atoms with Gasteiger partial charge < -0.3 is 0 Å². The summed E-state index contributed by atoms with van der Waals surface area (Å²) in [6, 6.07) is 7.80. The topological polar surface area (TPSA) is 0 Å². The highest BCUT2D eigenvalue weighted by atomic mass is 13.8. The van der Waals surface area contributed by atoms with Gasteiger partial charge in [-0.3, -0.25) is 0 Å². The first-order valence-electron chi connectivity index (χ1n) is 4.03. The lowest BCUT2D eigenvalue weighted by Crippen LogP contribution is -2.19. The van der Waals surface area contributed by atoms with E-state index in [2.05, 4.69) is 26.3 Å². The standard InChI is InChI=1S/C8H8.C2H6.C2H4.3CH4/c1-7-5-3-4-6-8(7)2;2*1-2;;;/h3-6H,1-2H2;1-2H3;1-2H2;3*1H4. The maximum absolute atomic E-state index is 3.76. The second-order valence-electron chi connectivity index (χ2n) is 1.77. The minimum atomic E-state index is 0. The number of benzene rings is 1. The Morgan fingerprint density at radius 3 is 1.07 bits per heavy atom. The third-order valence-electron chi connectivity index (χ3n) is 1.12. The smallest absolute Gasteiger partial charge is 0.0262 e. The summed E-state index contributed by atoms with van der Waals surface area (Å²) in [5.41, 5.74) is 0. The molecule has 0 saturated heterocycles. The van der Waals surface area contributed by atoms with Gasteiger partial charge in [-0.2, -0.15) is 0 Å². The molecule has 1 aromatic rings. The van der Waals surface area contributed by atoms with Gasteiger partial charge in [-0.05, 0) is 10.4 Å². The Hall–Kier alpha value is -1.30. The van der Waals surface area contributed by atoms with Crippen LogP contribution >= 0.6 is 0 Å². The summed E-state index contributed by atoms with van der Waals surface area (Å²) < 4.78 is 0. The van der Waals surface area contributed by atoms with Crippen LogP contribution in [0, 0.1) is 0 Å². The molecule has 0 atom stereocenters. The lowest BCUT2D eigenvalue weighted by atomic mass is 10.3. The van der Waals surface area contributed by atoms with E-state index in [1.165, 1.54) is 0 Å². The van der Waals surface area contributed by atoms with Gasteiger partial charge >= 0.3 is 0 Å². The number of hydrogen-bond donors (Lipinski definition) is 0. The van der Waals surface area contributed by atoms with Crippen LogP contribution in [0.5, 0.6) is 0 Å². The highest BCUT2D eigenvalue weighted by Crippen LogP contribution is 1.66. The minimum absolute atomic E-state index is 0. The second kappa shape index (κ2) is 23.0. The lowest BCUT2D eigenvalue weighted by Gasteiger charge is -1.79. The average Bonchev–Trinajstić information content (AvgIpc) is 2.17. The van der Waals surface area contributed by atoms with Crippen molar-refractivity contribution in [3.8, 4) is 0 Å². The summed E-state index contributed by atoms with van der Waals surface area (Å²) in [4.78, 5) is 0. The van der Waals surface area contributed by atoms with Crippen LogP contribution in [-0.2, 0) is 0 Å². The molecule has 0 spiro atoms. The molecule has 15 heavy (non-hydrogen) atoms. The molecule has 1 rings (SSSR count). The van der Waals surface area contributed by atoms with Crippen LogP contribution in [0.3, 0.4) is 0 Å². The molecule has 0 aliphatic carbocycles. The summed E-state index contributed by atoms with van der Waals surface area (Å²) in [7, 11) is 0. The Balaban J connectivity index is -0.0000000432. The predicted octanol–water partition coefficient (Wildman–Crippen LogP) is 4.24.